The SMILES string of the molecule is CCCCS(=O)(=O)NCCC(C)C(=O)O. The summed E-state index contributed by atoms with van der Waals surface area (Å²) in [5.74, 6) is -1.30. The molecular weight excluding hydrogens is 218 g/mol. The minimum Gasteiger partial charge on any atom is -0.481 e. The Morgan fingerprint density at radius 2 is 2.07 bits per heavy atom. The van der Waals surface area contributed by atoms with Crippen molar-refractivity contribution in [1.82, 2.24) is 4.72 Å². The molecule has 0 saturated heterocycles. The van der Waals surface area contributed by atoms with Crippen molar-refractivity contribution in [1.29, 1.82) is 0 Å². The quantitative estimate of drug-likeness (QED) is 0.654. The molecule has 5 nitrogen and oxygen atoms in total. The van der Waals surface area contributed by atoms with E-state index < -0.39 is 21.9 Å². The zero-order chi connectivity index (χ0) is 11.9. The molecule has 0 spiro atoms. The van der Waals surface area contributed by atoms with Crippen LogP contribution in [0.2, 0.25) is 0 Å². The van der Waals surface area contributed by atoms with E-state index in [9.17, 15) is 13.2 Å². The van der Waals surface area contributed by atoms with E-state index >= 15 is 0 Å². The number of carboxylic acid groups (broad SMARTS) is 1. The fourth-order valence-electron chi connectivity index (χ4n) is 0.961. The Morgan fingerprint density at radius 3 is 2.53 bits per heavy atom. The molecule has 1 atom stereocenters. The van der Waals surface area contributed by atoms with Gasteiger partial charge in [0.05, 0.1) is 11.7 Å². The second-order valence-corrected chi connectivity index (χ2v) is 5.52. The van der Waals surface area contributed by atoms with Crippen molar-refractivity contribution in [2.75, 3.05) is 12.3 Å². The highest BCUT2D eigenvalue weighted by molar-refractivity contribution is 7.89. The Bertz CT molecular complexity index is 286. The minimum absolute atomic E-state index is 0.116. The smallest absolute Gasteiger partial charge is 0.306 e. The second-order valence-electron chi connectivity index (χ2n) is 3.59. The lowest BCUT2D eigenvalue weighted by Crippen LogP contribution is -2.29. The Labute approximate surface area is 90.9 Å². The summed E-state index contributed by atoms with van der Waals surface area (Å²) in [6.07, 6.45) is 1.77. The molecule has 2 N–H and O–H groups in total. The fourth-order valence-corrected chi connectivity index (χ4v) is 2.20. The first-order valence-electron chi connectivity index (χ1n) is 5.09. The Kier molecular flexibility index (Phi) is 6.51. The molecule has 0 heterocycles. The van der Waals surface area contributed by atoms with Gasteiger partial charge in [0.1, 0.15) is 0 Å². The van der Waals surface area contributed by atoms with Crippen LogP contribution in [-0.4, -0.2) is 31.8 Å². The number of carbonyl (C=O) groups is 1. The molecule has 0 bridgehead atoms. The third kappa shape index (κ3) is 7.33. The monoisotopic (exact) mass is 237 g/mol. The summed E-state index contributed by atoms with van der Waals surface area (Å²) >= 11 is 0. The minimum atomic E-state index is -3.21. The normalized spacial score (nSPS) is 13.7. The maximum Gasteiger partial charge on any atom is 0.306 e. The molecule has 0 fully saturated rings. The molecule has 0 saturated carbocycles. The van der Waals surface area contributed by atoms with Gasteiger partial charge < -0.3 is 5.11 Å². The molecule has 15 heavy (non-hydrogen) atoms. The molecule has 0 aliphatic rings. The molecule has 0 aliphatic heterocycles. The van der Waals surface area contributed by atoms with E-state index in [0.717, 1.165) is 6.42 Å². The van der Waals surface area contributed by atoms with Crippen molar-refractivity contribution < 1.29 is 18.3 Å². The Balaban J connectivity index is 3.80. The zero-order valence-electron chi connectivity index (χ0n) is 9.19. The number of carboxylic acids is 1. The van der Waals surface area contributed by atoms with E-state index in [-0.39, 0.29) is 12.3 Å². The van der Waals surface area contributed by atoms with Crippen molar-refractivity contribution in [3.8, 4) is 0 Å². The summed E-state index contributed by atoms with van der Waals surface area (Å²) in [6, 6.07) is 0. The lowest BCUT2D eigenvalue weighted by Gasteiger charge is -2.08. The number of unbranched alkanes of at least 4 members (excludes halogenated alkanes) is 1. The van der Waals surface area contributed by atoms with Crippen LogP contribution in [0.25, 0.3) is 0 Å². The number of sulfonamides is 1. The molecule has 0 aromatic carbocycles. The van der Waals surface area contributed by atoms with E-state index in [2.05, 4.69) is 4.72 Å². The molecule has 90 valence electrons. The van der Waals surface area contributed by atoms with Crippen LogP contribution in [0.4, 0.5) is 0 Å². The van der Waals surface area contributed by atoms with Gasteiger partial charge in [0.25, 0.3) is 0 Å². The van der Waals surface area contributed by atoms with Crippen molar-refractivity contribution in [2.45, 2.75) is 33.1 Å². The lowest BCUT2D eigenvalue weighted by atomic mass is 10.1. The summed E-state index contributed by atoms with van der Waals surface area (Å²) in [4.78, 5) is 10.4. The van der Waals surface area contributed by atoms with Gasteiger partial charge in [0, 0.05) is 6.54 Å². The third-order valence-electron chi connectivity index (χ3n) is 2.09. The van der Waals surface area contributed by atoms with Crippen LogP contribution in [0.3, 0.4) is 0 Å². The van der Waals surface area contributed by atoms with Gasteiger partial charge in [0.15, 0.2) is 0 Å². The number of aliphatic carboxylic acids is 1. The summed E-state index contributed by atoms with van der Waals surface area (Å²) in [5, 5.41) is 8.58. The first-order chi connectivity index (χ1) is 6.89. The van der Waals surface area contributed by atoms with E-state index in [1.807, 2.05) is 6.92 Å². The van der Waals surface area contributed by atoms with Gasteiger partial charge >= 0.3 is 5.97 Å². The largest absolute Gasteiger partial charge is 0.481 e. The zero-order valence-corrected chi connectivity index (χ0v) is 10.0. The third-order valence-corrected chi connectivity index (χ3v) is 3.56. The second kappa shape index (κ2) is 6.79. The first-order valence-corrected chi connectivity index (χ1v) is 6.74. The number of nitrogens with one attached hydrogen (secondary N) is 1. The molecule has 0 amide bonds. The Morgan fingerprint density at radius 1 is 1.47 bits per heavy atom. The summed E-state index contributed by atoms with van der Waals surface area (Å²) in [7, 11) is -3.21. The molecule has 0 radical (unpaired) electrons. The van der Waals surface area contributed by atoms with Crippen molar-refractivity contribution >= 4 is 16.0 Å². The van der Waals surface area contributed by atoms with Crippen LogP contribution in [0, 0.1) is 5.92 Å². The van der Waals surface area contributed by atoms with Gasteiger partial charge in [-0.15, -0.1) is 0 Å². The van der Waals surface area contributed by atoms with Gasteiger partial charge in [-0.05, 0) is 12.8 Å². The fraction of sp³-hybridized carbons (Fsp3) is 0.889. The van der Waals surface area contributed by atoms with E-state index in [1.165, 1.54) is 0 Å². The van der Waals surface area contributed by atoms with Crippen molar-refractivity contribution in [3.63, 3.8) is 0 Å². The van der Waals surface area contributed by atoms with Crippen molar-refractivity contribution in [3.05, 3.63) is 0 Å². The van der Waals surface area contributed by atoms with Crippen LogP contribution in [0.1, 0.15) is 33.1 Å². The highest BCUT2D eigenvalue weighted by Crippen LogP contribution is 2.01. The average Bonchev–Trinajstić information content (AvgIpc) is 2.14. The molecule has 0 aromatic heterocycles. The summed E-state index contributed by atoms with van der Waals surface area (Å²) < 4.78 is 25.0. The average molecular weight is 237 g/mol. The molecule has 0 rings (SSSR count). The lowest BCUT2D eigenvalue weighted by molar-refractivity contribution is -0.141. The molecule has 0 aromatic rings. The van der Waals surface area contributed by atoms with E-state index in [4.69, 9.17) is 5.11 Å². The number of rotatable bonds is 8. The molecule has 0 aliphatic carbocycles. The van der Waals surface area contributed by atoms with E-state index in [1.54, 1.807) is 6.92 Å². The first kappa shape index (κ1) is 14.4. The van der Waals surface area contributed by atoms with Gasteiger partial charge in [-0.25, -0.2) is 13.1 Å². The van der Waals surface area contributed by atoms with Gasteiger partial charge in [-0.1, -0.05) is 20.3 Å². The van der Waals surface area contributed by atoms with Gasteiger partial charge in [0.2, 0.25) is 10.0 Å². The maximum atomic E-state index is 11.3. The van der Waals surface area contributed by atoms with Crippen LogP contribution < -0.4 is 4.72 Å². The predicted octanol–water partition coefficient (Wildman–Crippen LogP) is 0.817. The van der Waals surface area contributed by atoms with Crippen molar-refractivity contribution in [2.24, 2.45) is 5.92 Å². The standard InChI is InChI=1S/C9H19NO4S/c1-3-4-7-15(13,14)10-6-5-8(2)9(11)12/h8,10H,3-7H2,1-2H3,(H,11,12). The topological polar surface area (TPSA) is 83.5 Å². The van der Waals surface area contributed by atoms with Gasteiger partial charge in [-0.2, -0.15) is 0 Å². The molecule has 6 heteroatoms. The number of hydrogen-bond donors (Lipinski definition) is 2. The van der Waals surface area contributed by atoms with Crippen LogP contribution in [-0.2, 0) is 14.8 Å². The molecular formula is C9H19NO4S. The maximum absolute atomic E-state index is 11.3. The van der Waals surface area contributed by atoms with E-state index in [0.29, 0.717) is 12.8 Å². The van der Waals surface area contributed by atoms with Crippen LogP contribution in [0.5, 0.6) is 0 Å². The Hall–Kier alpha value is -0.620. The summed E-state index contributed by atoms with van der Waals surface area (Å²) in [5.41, 5.74) is 0. The summed E-state index contributed by atoms with van der Waals surface area (Å²) in [6.45, 7) is 3.67. The number of hydrogen-bond acceptors (Lipinski definition) is 3. The molecule has 1 unspecified atom stereocenters. The van der Waals surface area contributed by atoms with Crippen LogP contribution >= 0.6 is 0 Å². The highest BCUT2D eigenvalue weighted by Gasteiger charge is 2.13. The van der Waals surface area contributed by atoms with Gasteiger partial charge in [-0.3, -0.25) is 4.79 Å². The van der Waals surface area contributed by atoms with Crippen LogP contribution in [0.15, 0.2) is 0 Å². The predicted molar refractivity (Wildman–Crippen MR) is 58.1 cm³/mol. The highest BCUT2D eigenvalue weighted by atomic mass is 32.2.